The van der Waals surface area contributed by atoms with E-state index in [4.69, 9.17) is 61.3 Å². The van der Waals surface area contributed by atoms with Gasteiger partial charge in [0.25, 0.3) is 23.3 Å². The highest BCUT2D eigenvalue weighted by atomic mass is 16.6. The number of rotatable bonds is 43. The van der Waals surface area contributed by atoms with Gasteiger partial charge in [0.1, 0.15) is 35.3 Å². The molecule has 0 N–H and O–H groups in total. The van der Waals surface area contributed by atoms with Gasteiger partial charge >= 0.3 is 0 Å². The van der Waals surface area contributed by atoms with Gasteiger partial charge in [-0.25, -0.2) is 14.6 Å². The number of fused-ring (bicyclic) bond motifs is 2. The van der Waals surface area contributed by atoms with Crippen molar-refractivity contribution in [2.24, 2.45) is 7.05 Å². The maximum absolute atomic E-state index is 13.4. The molecule has 1 saturated heterocycles. The molecule has 0 radical (unpaired) electrons. The Bertz CT molecular complexity index is 2900. The highest BCUT2D eigenvalue weighted by molar-refractivity contribution is 6.24. The van der Waals surface area contributed by atoms with Crippen molar-refractivity contribution in [2.75, 3.05) is 159 Å². The molecule has 2 aliphatic rings. The number of ether oxygens (including phenoxy) is 12. The summed E-state index contributed by atoms with van der Waals surface area (Å²) in [4.78, 5) is 86.6. The third kappa shape index (κ3) is 20.5. The Morgan fingerprint density at radius 1 is 0.602 bits per heavy atom. The average Bonchev–Trinajstić information content (AvgIpc) is 3.27. The zero-order valence-electron chi connectivity index (χ0n) is 47.2. The summed E-state index contributed by atoms with van der Waals surface area (Å²) >= 11 is 0. The minimum atomic E-state index is -0.980. The van der Waals surface area contributed by atoms with Crippen molar-refractivity contribution >= 4 is 40.5 Å². The Morgan fingerprint density at radius 2 is 1.14 bits per heavy atom. The van der Waals surface area contributed by atoms with E-state index in [0.717, 1.165) is 20.9 Å². The fraction of sp³-hybridized carbons (Fsp3) is 0.534. The van der Waals surface area contributed by atoms with Gasteiger partial charge in [-0.2, -0.15) is 5.10 Å². The van der Waals surface area contributed by atoms with Crippen LogP contribution < -0.4 is 10.3 Å². The number of oxazole rings is 1. The summed E-state index contributed by atoms with van der Waals surface area (Å²) in [6.45, 7) is 9.78. The largest absolute Gasteiger partial charge is 0.490 e. The van der Waals surface area contributed by atoms with Gasteiger partial charge in [0.05, 0.1) is 156 Å². The van der Waals surface area contributed by atoms with Crippen molar-refractivity contribution in [1.29, 1.82) is 0 Å². The fourth-order valence-corrected chi connectivity index (χ4v) is 8.60. The standard InChI is InChI=1S/C58H74N6O19/c1-62-52(66)15-12-49(57(62)69)64-56(68)45-7-3-5-43(54(45)58(64)70)6-4-16-71-17-18-72-19-20-73-21-22-74-23-24-75-25-26-76-27-28-77-29-30-78-31-32-79-33-34-80-35-36-81-37-38-82-44-9-10-46(59-41-44)50(65)40-42-8-13-51-48(39-42)60-55(83-51)47-11-14-53(67)63(2)61-47/h3,5,7-11,13-14,39,41,49H,4,6,12,15-38,40H2,1-2H3. The number of carbonyl (C=O) groups excluding carboxylic acids is 5. The zero-order valence-corrected chi connectivity index (χ0v) is 47.2. The second-order valence-corrected chi connectivity index (χ2v) is 18.8. The first-order chi connectivity index (χ1) is 40.6. The predicted octanol–water partition coefficient (Wildman–Crippen LogP) is 3.35. The quantitative estimate of drug-likeness (QED) is 0.0307. The molecule has 4 amide bonds. The predicted molar refractivity (Wildman–Crippen MR) is 295 cm³/mol. The molecule has 5 aromatic rings. The maximum Gasteiger partial charge on any atom is 0.266 e. The number of ketones is 1. The lowest BCUT2D eigenvalue weighted by Gasteiger charge is -2.32. The first-order valence-corrected chi connectivity index (χ1v) is 27.8. The second-order valence-electron chi connectivity index (χ2n) is 18.8. The third-order valence-corrected chi connectivity index (χ3v) is 12.9. The fourth-order valence-electron chi connectivity index (χ4n) is 8.60. The summed E-state index contributed by atoms with van der Waals surface area (Å²) in [5.41, 5.74) is 3.69. The molecule has 450 valence electrons. The minimum absolute atomic E-state index is 0.0965. The number of amides is 4. The van der Waals surface area contributed by atoms with Crippen LogP contribution in [0, 0.1) is 0 Å². The number of pyridine rings is 1. The highest BCUT2D eigenvalue weighted by Gasteiger charge is 2.47. The molecule has 2 aromatic carbocycles. The number of likely N-dealkylation sites (tertiary alicyclic amines) is 1. The van der Waals surface area contributed by atoms with Gasteiger partial charge in [-0.1, -0.05) is 18.2 Å². The Hall–Kier alpha value is -6.75. The highest BCUT2D eigenvalue weighted by Crippen LogP contribution is 2.32. The Kier molecular flexibility index (Phi) is 27.2. The van der Waals surface area contributed by atoms with E-state index < -0.39 is 23.8 Å². The molecule has 25 nitrogen and oxygen atoms in total. The monoisotopic (exact) mass is 1160 g/mol. The van der Waals surface area contributed by atoms with Crippen molar-refractivity contribution in [3.8, 4) is 17.3 Å². The van der Waals surface area contributed by atoms with E-state index in [2.05, 4.69) is 15.1 Å². The number of likely N-dealkylation sites (N-methyl/N-ethyl adjacent to an activating group) is 1. The Labute approximate surface area is 480 Å². The summed E-state index contributed by atoms with van der Waals surface area (Å²) in [5.74, 6) is -1.22. The molecule has 25 heteroatoms. The zero-order chi connectivity index (χ0) is 58.4. The number of benzene rings is 2. The van der Waals surface area contributed by atoms with Gasteiger partial charge in [-0.15, -0.1) is 0 Å². The van der Waals surface area contributed by atoms with E-state index in [9.17, 15) is 28.8 Å². The average molecular weight is 1160 g/mol. The number of Topliss-reactive ketones (excluding diaryl/α,β-unsaturated/α-hetero) is 1. The van der Waals surface area contributed by atoms with Crippen molar-refractivity contribution in [1.82, 2.24) is 29.5 Å². The number of hydrogen-bond acceptors (Lipinski definition) is 22. The molecule has 3 aromatic heterocycles. The van der Waals surface area contributed by atoms with E-state index in [1.54, 1.807) is 55.6 Å². The Morgan fingerprint density at radius 3 is 1.67 bits per heavy atom. The topological polar surface area (TPSA) is 276 Å². The molecule has 83 heavy (non-hydrogen) atoms. The van der Waals surface area contributed by atoms with E-state index in [1.165, 1.54) is 24.0 Å². The number of piperidine rings is 1. The number of aryl methyl sites for hydroxylation is 2. The molecule has 1 atom stereocenters. The summed E-state index contributed by atoms with van der Waals surface area (Å²) in [6, 6.07) is 15.8. The lowest BCUT2D eigenvalue weighted by molar-refractivity contribution is -0.149. The molecule has 0 spiro atoms. The van der Waals surface area contributed by atoms with Crippen LogP contribution in [0.3, 0.4) is 0 Å². The van der Waals surface area contributed by atoms with Crippen molar-refractivity contribution < 1.29 is 85.2 Å². The SMILES string of the molecule is CN1C(=O)CCC(N2C(=O)c3cccc(CCCOCCOCCOCCOCCOCCOCCOCCOCCOCCOCCOCCOc4ccc(C(=O)Cc5ccc6oc(-c7ccc(=O)n(C)n7)nc6c5)nc4)c3C2=O)C1=O. The molecule has 0 bridgehead atoms. The van der Waals surface area contributed by atoms with Gasteiger partial charge in [0, 0.05) is 39.6 Å². The van der Waals surface area contributed by atoms with Crippen LogP contribution in [0.15, 0.2) is 76.1 Å². The van der Waals surface area contributed by atoms with Gasteiger partial charge in [-0.05, 0) is 66.8 Å². The molecule has 5 heterocycles. The van der Waals surface area contributed by atoms with Crippen molar-refractivity contribution in [2.45, 2.75) is 38.1 Å². The summed E-state index contributed by atoms with van der Waals surface area (Å²) < 4.78 is 73.8. The molecule has 1 fully saturated rings. The molecular formula is C58H74N6O19. The molecule has 7 rings (SSSR count). The lowest BCUT2D eigenvalue weighted by Crippen LogP contribution is -2.54. The summed E-state index contributed by atoms with van der Waals surface area (Å²) in [5, 5.41) is 4.18. The normalized spacial score (nSPS) is 14.4. The summed E-state index contributed by atoms with van der Waals surface area (Å²) in [6.07, 6.45) is 3.00. The molecule has 2 aliphatic heterocycles. The van der Waals surface area contributed by atoms with Crippen LogP contribution in [-0.4, -0.2) is 224 Å². The number of imide groups is 2. The smallest absolute Gasteiger partial charge is 0.266 e. The Balaban J connectivity index is 0.554. The van der Waals surface area contributed by atoms with Crippen LogP contribution in [0.5, 0.6) is 5.75 Å². The number of hydrogen-bond donors (Lipinski definition) is 0. The van der Waals surface area contributed by atoms with Gasteiger partial charge in [-0.3, -0.25) is 38.6 Å². The van der Waals surface area contributed by atoms with E-state index in [-0.39, 0.29) is 48.0 Å². The van der Waals surface area contributed by atoms with Gasteiger partial charge < -0.3 is 61.3 Å². The summed E-state index contributed by atoms with van der Waals surface area (Å²) in [7, 11) is 2.92. The van der Waals surface area contributed by atoms with Gasteiger partial charge in [0.2, 0.25) is 11.8 Å². The van der Waals surface area contributed by atoms with Gasteiger partial charge in [0.15, 0.2) is 11.4 Å². The van der Waals surface area contributed by atoms with Crippen LogP contribution in [0.25, 0.3) is 22.7 Å². The number of carbonyl (C=O) groups is 5. The van der Waals surface area contributed by atoms with E-state index >= 15 is 0 Å². The molecule has 0 saturated carbocycles. The second kappa shape index (κ2) is 35.4. The van der Waals surface area contributed by atoms with Crippen LogP contribution in [0.1, 0.15) is 61.6 Å². The van der Waals surface area contributed by atoms with Crippen LogP contribution in [0.4, 0.5) is 0 Å². The lowest BCUT2D eigenvalue weighted by atomic mass is 9.99. The number of aromatic nitrogens is 4. The van der Waals surface area contributed by atoms with E-state index in [0.29, 0.717) is 199 Å². The molecule has 1 unspecified atom stereocenters. The van der Waals surface area contributed by atoms with E-state index in [1.807, 2.05) is 6.07 Å². The first kappa shape index (κ1) is 63.8. The number of nitrogens with zero attached hydrogens (tertiary/aromatic N) is 6. The van der Waals surface area contributed by atoms with Crippen molar-refractivity contribution in [3.05, 3.63) is 105 Å². The first-order valence-electron chi connectivity index (χ1n) is 27.8. The third-order valence-electron chi connectivity index (χ3n) is 12.9. The van der Waals surface area contributed by atoms with Crippen LogP contribution >= 0.6 is 0 Å². The molecular weight excluding hydrogens is 1080 g/mol. The van der Waals surface area contributed by atoms with Crippen LogP contribution in [-0.2, 0) is 81.6 Å². The van der Waals surface area contributed by atoms with Crippen LogP contribution in [0.2, 0.25) is 0 Å². The minimum Gasteiger partial charge on any atom is -0.490 e. The molecule has 0 aliphatic carbocycles. The van der Waals surface area contributed by atoms with Crippen molar-refractivity contribution in [3.63, 3.8) is 0 Å². The maximum atomic E-state index is 13.4.